The largest absolute Gasteiger partial charge is 0.467 e. The van der Waals surface area contributed by atoms with Crippen molar-refractivity contribution in [2.45, 2.75) is 13.0 Å². The van der Waals surface area contributed by atoms with Gasteiger partial charge in [-0.15, -0.1) is 0 Å². The van der Waals surface area contributed by atoms with E-state index in [1.54, 1.807) is 36.6 Å². The normalized spacial score (nSPS) is 11.7. The number of rotatable bonds is 4. The van der Waals surface area contributed by atoms with Gasteiger partial charge in [0.05, 0.1) is 25.0 Å². The summed E-state index contributed by atoms with van der Waals surface area (Å²) < 4.78 is 9.85. The van der Waals surface area contributed by atoms with Gasteiger partial charge in [-0.2, -0.15) is 0 Å². The average molecular weight is 273 g/mol. The summed E-state index contributed by atoms with van der Waals surface area (Å²) in [7, 11) is 1.30. The monoisotopic (exact) mass is 273 g/mol. The molecular formula is C15H15NO4. The summed E-state index contributed by atoms with van der Waals surface area (Å²) in [5.41, 5.74) is 0.733. The molecule has 1 aromatic heterocycles. The predicted octanol–water partition coefficient (Wildman–Crippen LogP) is 2.56. The van der Waals surface area contributed by atoms with Crippen molar-refractivity contribution in [1.29, 1.82) is 0 Å². The standard InChI is InChI=1S/C15H15NO4/c1-10(13-7-4-8-20-13)16-14(17)11-5-3-6-12(9-11)15(18)19-2/h3-10H,1-2H3,(H,16,17). The fraction of sp³-hybridized carbons (Fsp3) is 0.200. The molecule has 0 radical (unpaired) electrons. The number of nitrogens with one attached hydrogen (secondary N) is 1. The Morgan fingerprint density at radius 2 is 1.95 bits per heavy atom. The zero-order valence-corrected chi connectivity index (χ0v) is 11.3. The minimum Gasteiger partial charge on any atom is -0.467 e. The quantitative estimate of drug-likeness (QED) is 0.869. The maximum atomic E-state index is 12.1. The van der Waals surface area contributed by atoms with Crippen molar-refractivity contribution < 1.29 is 18.7 Å². The van der Waals surface area contributed by atoms with Crippen LogP contribution in [0.1, 0.15) is 39.4 Å². The van der Waals surface area contributed by atoms with Crippen LogP contribution in [0.4, 0.5) is 0 Å². The molecule has 0 bridgehead atoms. The molecule has 0 saturated carbocycles. The molecule has 0 aliphatic heterocycles. The van der Waals surface area contributed by atoms with Gasteiger partial charge in [0, 0.05) is 5.56 Å². The summed E-state index contributed by atoms with van der Waals surface area (Å²) in [4.78, 5) is 23.5. The van der Waals surface area contributed by atoms with Crippen molar-refractivity contribution in [3.8, 4) is 0 Å². The average Bonchev–Trinajstić information content (AvgIpc) is 3.00. The summed E-state index contributed by atoms with van der Waals surface area (Å²) in [6.07, 6.45) is 1.55. The minimum atomic E-state index is -0.473. The van der Waals surface area contributed by atoms with Gasteiger partial charge in [-0.3, -0.25) is 4.79 Å². The number of methoxy groups -OCH3 is 1. The molecule has 0 fully saturated rings. The van der Waals surface area contributed by atoms with Crippen molar-refractivity contribution in [1.82, 2.24) is 5.32 Å². The Kier molecular flexibility index (Phi) is 4.20. The third kappa shape index (κ3) is 3.06. The molecule has 2 rings (SSSR count). The van der Waals surface area contributed by atoms with Crippen LogP contribution in [0.3, 0.4) is 0 Å². The number of hydrogen-bond acceptors (Lipinski definition) is 4. The van der Waals surface area contributed by atoms with Gasteiger partial charge in [0.25, 0.3) is 5.91 Å². The summed E-state index contributed by atoms with van der Waals surface area (Å²) >= 11 is 0. The highest BCUT2D eigenvalue weighted by Gasteiger charge is 2.15. The number of carbonyl (C=O) groups excluding carboxylic acids is 2. The Morgan fingerprint density at radius 1 is 1.20 bits per heavy atom. The second kappa shape index (κ2) is 6.06. The van der Waals surface area contributed by atoms with E-state index < -0.39 is 5.97 Å². The summed E-state index contributed by atoms with van der Waals surface area (Å²) in [6, 6.07) is 9.66. The van der Waals surface area contributed by atoms with E-state index >= 15 is 0 Å². The molecule has 104 valence electrons. The topological polar surface area (TPSA) is 68.5 Å². The van der Waals surface area contributed by atoms with E-state index in [9.17, 15) is 9.59 Å². The van der Waals surface area contributed by atoms with E-state index in [0.717, 1.165) is 0 Å². The van der Waals surface area contributed by atoms with E-state index in [1.807, 2.05) is 6.92 Å². The molecule has 0 aliphatic rings. The van der Waals surface area contributed by atoms with Gasteiger partial charge in [0.1, 0.15) is 5.76 Å². The predicted molar refractivity (Wildman–Crippen MR) is 72.4 cm³/mol. The fourth-order valence-corrected chi connectivity index (χ4v) is 1.79. The molecule has 1 N–H and O–H groups in total. The van der Waals surface area contributed by atoms with Crippen LogP contribution in [0.5, 0.6) is 0 Å². The molecule has 5 nitrogen and oxygen atoms in total. The highest BCUT2D eigenvalue weighted by Crippen LogP contribution is 2.14. The van der Waals surface area contributed by atoms with Crippen LogP contribution in [0.2, 0.25) is 0 Å². The van der Waals surface area contributed by atoms with Crippen molar-refractivity contribution >= 4 is 11.9 Å². The molecule has 20 heavy (non-hydrogen) atoms. The SMILES string of the molecule is COC(=O)c1cccc(C(=O)NC(C)c2ccco2)c1. The van der Waals surface area contributed by atoms with E-state index in [4.69, 9.17) is 4.42 Å². The van der Waals surface area contributed by atoms with E-state index in [2.05, 4.69) is 10.1 Å². The van der Waals surface area contributed by atoms with Crippen molar-refractivity contribution in [2.24, 2.45) is 0 Å². The number of hydrogen-bond donors (Lipinski definition) is 1. The Labute approximate surface area is 116 Å². The van der Waals surface area contributed by atoms with Gasteiger partial charge in [-0.25, -0.2) is 4.79 Å². The summed E-state index contributed by atoms with van der Waals surface area (Å²) in [5, 5.41) is 2.80. The molecule has 1 atom stereocenters. The lowest BCUT2D eigenvalue weighted by Crippen LogP contribution is -2.26. The van der Waals surface area contributed by atoms with Crippen molar-refractivity contribution in [3.05, 3.63) is 59.5 Å². The Hall–Kier alpha value is -2.56. The molecule has 0 saturated heterocycles. The number of carbonyl (C=O) groups is 2. The van der Waals surface area contributed by atoms with Crippen molar-refractivity contribution in [2.75, 3.05) is 7.11 Å². The third-order valence-corrected chi connectivity index (χ3v) is 2.86. The summed E-state index contributed by atoms with van der Waals surface area (Å²) in [6.45, 7) is 1.82. The Bertz CT molecular complexity index is 604. The fourth-order valence-electron chi connectivity index (χ4n) is 1.79. The molecule has 1 aromatic carbocycles. The first-order chi connectivity index (χ1) is 9.61. The number of ether oxygens (including phenoxy) is 1. The van der Waals surface area contributed by atoms with Gasteiger partial charge in [0.2, 0.25) is 0 Å². The maximum absolute atomic E-state index is 12.1. The lowest BCUT2D eigenvalue weighted by atomic mass is 10.1. The van der Waals surface area contributed by atoms with Crippen LogP contribution in [0.25, 0.3) is 0 Å². The summed E-state index contributed by atoms with van der Waals surface area (Å²) in [5.74, 6) is -0.0825. The maximum Gasteiger partial charge on any atom is 0.337 e. The molecule has 1 heterocycles. The van der Waals surface area contributed by atoms with Crippen LogP contribution in [-0.2, 0) is 4.74 Å². The van der Waals surface area contributed by atoms with Crippen LogP contribution in [0.15, 0.2) is 47.1 Å². The zero-order valence-electron chi connectivity index (χ0n) is 11.3. The lowest BCUT2D eigenvalue weighted by Gasteiger charge is -2.11. The van der Waals surface area contributed by atoms with E-state index in [-0.39, 0.29) is 11.9 Å². The van der Waals surface area contributed by atoms with Gasteiger partial charge in [-0.05, 0) is 37.3 Å². The van der Waals surface area contributed by atoms with Crippen molar-refractivity contribution in [3.63, 3.8) is 0 Å². The van der Waals surface area contributed by atoms with Gasteiger partial charge in [-0.1, -0.05) is 6.07 Å². The number of furan rings is 1. The third-order valence-electron chi connectivity index (χ3n) is 2.86. The first-order valence-electron chi connectivity index (χ1n) is 6.14. The number of esters is 1. The van der Waals surface area contributed by atoms with Crippen LogP contribution < -0.4 is 5.32 Å². The molecule has 5 heteroatoms. The van der Waals surface area contributed by atoms with Gasteiger partial charge >= 0.3 is 5.97 Å². The zero-order chi connectivity index (χ0) is 14.5. The van der Waals surface area contributed by atoms with Crippen LogP contribution >= 0.6 is 0 Å². The molecular weight excluding hydrogens is 258 g/mol. The van der Waals surface area contributed by atoms with Gasteiger partial charge < -0.3 is 14.5 Å². The van der Waals surface area contributed by atoms with Gasteiger partial charge in [0.15, 0.2) is 0 Å². The van der Waals surface area contributed by atoms with E-state index in [0.29, 0.717) is 16.9 Å². The van der Waals surface area contributed by atoms with Crippen LogP contribution in [0, 0.1) is 0 Å². The molecule has 0 spiro atoms. The molecule has 1 amide bonds. The highest BCUT2D eigenvalue weighted by atomic mass is 16.5. The number of amides is 1. The highest BCUT2D eigenvalue weighted by molar-refractivity contribution is 5.98. The minimum absolute atomic E-state index is 0.251. The lowest BCUT2D eigenvalue weighted by molar-refractivity contribution is 0.0600. The number of benzene rings is 1. The second-order valence-electron chi connectivity index (χ2n) is 4.28. The second-order valence-corrected chi connectivity index (χ2v) is 4.28. The Balaban J connectivity index is 2.11. The van der Waals surface area contributed by atoms with Crippen LogP contribution in [-0.4, -0.2) is 19.0 Å². The first kappa shape index (κ1) is 13.9. The molecule has 0 aliphatic carbocycles. The molecule has 2 aromatic rings. The Morgan fingerprint density at radius 3 is 2.60 bits per heavy atom. The first-order valence-corrected chi connectivity index (χ1v) is 6.14. The molecule has 1 unspecified atom stereocenters. The smallest absolute Gasteiger partial charge is 0.337 e. The van der Waals surface area contributed by atoms with E-state index in [1.165, 1.54) is 13.2 Å².